The van der Waals surface area contributed by atoms with Crippen molar-refractivity contribution < 1.29 is 9.90 Å². The second kappa shape index (κ2) is 4.33. The first-order valence-corrected chi connectivity index (χ1v) is 5.11. The lowest BCUT2D eigenvalue weighted by molar-refractivity contribution is -0.114. The van der Waals surface area contributed by atoms with Crippen molar-refractivity contribution in [2.75, 3.05) is 5.32 Å². The van der Waals surface area contributed by atoms with Gasteiger partial charge in [0.25, 0.3) is 0 Å². The van der Waals surface area contributed by atoms with Gasteiger partial charge in [0, 0.05) is 17.9 Å². The lowest BCUT2D eigenvalue weighted by atomic mass is 10.0. The minimum atomic E-state index is -0.133. The van der Waals surface area contributed by atoms with Gasteiger partial charge in [-0.05, 0) is 5.39 Å². The van der Waals surface area contributed by atoms with Gasteiger partial charge in [-0.2, -0.15) is 0 Å². The molecule has 0 aliphatic rings. The van der Waals surface area contributed by atoms with Crippen LogP contribution in [0.5, 0.6) is 0 Å². The van der Waals surface area contributed by atoms with Crippen molar-refractivity contribution in [2.45, 2.75) is 13.5 Å². The summed E-state index contributed by atoms with van der Waals surface area (Å²) in [4.78, 5) is 11.1. The van der Waals surface area contributed by atoms with Gasteiger partial charge in [0.1, 0.15) is 0 Å². The maximum Gasteiger partial charge on any atom is 0.221 e. The Morgan fingerprint density at radius 1 is 1.25 bits per heavy atom. The van der Waals surface area contributed by atoms with Crippen LogP contribution in [0.15, 0.2) is 36.4 Å². The van der Waals surface area contributed by atoms with Gasteiger partial charge in [-0.15, -0.1) is 0 Å². The van der Waals surface area contributed by atoms with Gasteiger partial charge in [0.15, 0.2) is 0 Å². The Balaban J connectivity index is 2.67. The third-order valence-electron chi connectivity index (χ3n) is 2.49. The number of benzene rings is 2. The molecule has 3 nitrogen and oxygen atoms in total. The van der Waals surface area contributed by atoms with Crippen LogP contribution in [0.25, 0.3) is 10.8 Å². The van der Waals surface area contributed by atoms with E-state index in [0.717, 1.165) is 16.3 Å². The van der Waals surface area contributed by atoms with E-state index in [1.54, 1.807) is 0 Å². The average Bonchev–Trinajstić information content (AvgIpc) is 2.29. The van der Waals surface area contributed by atoms with Gasteiger partial charge < -0.3 is 10.4 Å². The summed E-state index contributed by atoms with van der Waals surface area (Å²) in [7, 11) is 0. The molecule has 0 saturated carbocycles. The first-order valence-electron chi connectivity index (χ1n) is 5.11. The first-order chi connectivity index (χ1) is 7.72. The zero-order chi connectivity index (χ0) is 11.5. The van der Waals surface area contributed by atoms with Crippen LogP contribution in [0.1, 0.15) is 12.5 Å². The van der Waals surface area contributed by atoms with Crippen LogP contribution in [0.3, 0.4) is 0 Å². The monoisotopic (exact) mass is 215 g/mol. The van der Waals surface area contributed by atoms with Crippen LogP contribution in [0.2, 0.25) is 0 Å². The summed E-state index contributed by atoms with van der Waals surface area (Å²) in [6, 6.07) is 11.5. The number of aliphatic hydroxyl groups is 1. The molecule has 16 heavy (non-hydrogen) atoms. The molecule has 1 amide bonds. The Kier molecular flexibility index (Phi) is 2.88. The van der Waals surface area contributed by atoms with Gasteiger partial charge in [0.2, 0.25) is 5.91 Å². The Bertz CT molecular complexity index is 534. The van der Waals surface area contributed by atoms with E-state index in [9.17, 15) is 9.90 Å². The Hall–Kier alpha value is -1.87. The predicted octanol–water partition coefficient (Wildman–Crippen LogP) is 2.29. The van der Waals surface area contributed by atoms with Crippen LogP contribution in [0, 0.1) is 0 Å². The highest BCUT2D eigenvalue weighted by Crippen LogP contribution is 2.27. The van der Waals surface area contributed by atoms with Crippen molar-refractivity contribution in [1.82, 2.24) is 0 Å². The molecule has 0 saturated heterocycles. The molecule has 3 heteroatoms. The number of nitrogens with one attached hydrogen (secondary N) is 1. The number of fused-ring (bicyclic) bond motifs is 1. The van der Waals surface area contributed by atoms with E-state index in [2.05, 4.69) is 5.32 Å². The molecule has 2 N–H and O–H groups in total. The van der Waals surface area contributed by atoms with Crippen molar-refractivity contribution in [3.63, 3.8) is 0 Å². The molecule has 0 aliphatic carbocycles. The third-order valence-corrected chi connectivity index (χ3v) is 2.49. The molecular formula is C13H13NO2. The normalized spacial score (nSPS) is 10.4. The second-order valence-electron chi connectivity index (χ2n) is 3.66. The number of hydrogen-bond donors (Lipinski definition) is 2. The average molecular weight is 215 g/mol. The fraction of sp³-hybridized carbons (Fsp3) is 0.154. The number of hydrogen-bond acceptors (Lipinski definition) is 2. The van der Waals surface area contributed by atoms with Gasteiger partial charge in [0.05, 0.1) is 12.3 Å². The molecule has 0 radical (unpaired) electrons. The molecular weight excluding hydrogens is 202 g/mol. The van der Waals surface area contributed by atoms with Gasteiger partial charge in [-0.1, -0.05) is 36.4 Å². The summed E-state index contributed by atoms with van der Waals surface area (Å²) < 4.78 is 0. The number of amides is 1. The minimum absolute atomic E-state index is 0.0829. The van der Waals surface area contributed by atoms with Crippen LogP contribution >= 0.6 is 0 Å². The summed E-state index contributed by atoms with van der Waals surface area (Å²) in [6.45, 7) is 1.38. The maximum absolute atomic E-state index is 11.1. The molecule has 2 rings (SSSR count). The van der Waals surface area contributed by atoms with Crippen molar-refractivity contribution in [3.8, 4) is 0 Å². The number of anilines is 1. The SMILES string of the molecule is CC(=O)Nc1c(CO)ccc2ccccc12. The van der Waals surface area contributed by atoms with E-state index in [-0.39, 0.29) is 12.5 Å². The number of carbonyl (C=O) groups excluding carboxylic acids is 1. The molecule has 0 spiro atoms. The predicted molar refractivity (Wildman–Crippen MR) is 64.2 cm³/mol. The summed E-state index contributed by atoms with van der Waals surface area (Å²) in [5, 5.41) is 14.0. The standard InChI is InChI=1S/C13H13NO2/c1-9(16)14-13-11(8-15)7-6-10-4-2-3-5-12(10)13/h2-7,15H,8H2,1H3,(H,14,16). The Morgan fingerprint density at radius 3 is 2.69 bits per heavy atom. The van der Waals surface area contributed by atoms with Crippen molar-refractivity contribution >= 4 is 22.4 Å². The fourth-order valence-electron chi connectivity index (χ4n) is 1.77. The highest BCUT2D eigenvalue weighted by molar-refractivity contribution is 6.02. The molecule has 2 aromatic rings. The number of rotatable bonds is 2. The first kappa shape index (κ1) is 10.6. The van der Waals surface area contributed by atoms with Crippen LogP contribution in [-0.2, 0) is 11.4 Å². The molecule has 0 aliphatic heterocycles. The molecule has 0 atom stereocenters. The van der Waals surface area contributed by atoms with E-state index in [0.29, 0.717) is 5.69 Å². The molecule has 0 heterocycles. The smallest absolute Gasteiger partial charge is 0.221 e. The van der Waals surface area contributed by atoms with Crippen LogP contribution in [0.4, 0.5) is 5.69 Å². The van der Waals surface area contributed by atoms with E-state index in [4.69, 9.17) is 0 Å². The summed E-state index contributed by atoms with van der Waals surface area (Å²) in [5.41, 5.74) is 1.43. The molecule has 0 aromatic heterocycles. The lowest BCUT2D eigenvalue weighted by Crippen LogP contribution is -2.08. The van der Waals surface area contributed by atoms with E-state index < -0.39 is 0 Å². The van der Waals surface area contributed by atoms with E-state index >= 15 is 0 Å². The summed E-state index contributed by atoms with van der Waals surface area (Å²) in [6.07, 6.45) is 0. The fourth-order valence-corrected chi connectivity index (χ4v) is 1.77. The third kappa shape index (κ3) is 1.90. The molecule has 0 bridgehead atoms. The number of aliphatic hydroxyl groups excluding tert-OH is 1. The van der Waals surface area contributed by atoms with Gasteiger partial charge in [-0.25, -0.2) is 0 Å². The Morgan fingerprint density at radius 2 is 2.00 bits per heavy atom. The Labute approximate surface area is 93.7 Å². The molecule has 82 valence electrons. The second-order valence-corrected chi connectivity index (χ2v) is 3.66. The minimum Gasteiger partial charge on any atom is -0.392 e. The highest BCUT2D eigenvalue weighted by Gasteiger charge is 2.07. The van der Waals surface area contributed by atoms with Gasteiger partial charge >= 0.3 is 0 Å². The van der Waals surface area contributed by atoms with Crippen molar-refractivity contribution in [1.29, 1.82) is 0 Å². The summed E-state index contributed by atoms with van der Waals surface area (Å²) in [5.74, 6) is -0.133. The van der Waals surface area contributed by atoms with Crippen LogP contribution < -0.4 is 5.32 Å². The lowest BCUT2D eigenvalue weighted by Gasteiger charge is -2.11. The van der Waals surface area contributed by atoms with Crippen LogP contribution in [-0.4, -0.2) is 11.0 Å². The van der Waals surface area contributed by atoms with Crippen molar-refractivity contribution in [2.24, 2.45) is 0 Å². The molecule has 0 unspecified atom stereocenters. The number of carbonyl (C=O) groups is 1. The quantitative estimate of drug-likeness (QED) is 0.807. The molecule has 0 fully saturated rings. The zero-order valence-corrected chi connectivity index (χ0v) is 9.03. The zero-order valence-electron chi connectivity index (χ0n) is 9.03. The molecule has 2 aromatic carbocycles. The summed E-state index contributed by atoms with van der Waals surface area (Å²) >= 11 is 0. The van der Waals surface area contributed by atoms with E-state index in [1.165, 1.54) is 6.92 Å². The van der Waals surface area contributed by atoms with E-state index in [1.807, 2.05) is 36.4 Å². The maximum atomic E-state index is 11.1. The highest BCUT2D eigenvalue weighted by atomic mass is 16.3. The topological polar surface area (TPSA) is 49.3 Å². The largest absolute Gasteiger partial charge is 0.392 e. The van der Waals surface area contributed by atoms with Crippen molar-refractivity contribution in [3.05, 3.63) is 42.0 Å². The van der Waals surface area contributed by atoms with Gasteiger partial charge in [-0.3, -0.25) is 4.79 Å².